The highest BCUT2D eigenvalue weighted by molar-refractivity contribution is 7.17. The minimum absolute atomic E-state index is 1.15. The number of thiophene rings is 1. The molecule has 1 nitrogen and oxygen atoms in total. The largest absolute Gasteiger partial charge is 0.317 e. The van der Waals surface area contributed by atoms with Crippen LogP contribution in [0.4, 0.5) is 0 Å². The first kappa shape index (κ1) is 12.6. The molecule has 0 bridgehead atoms. The molecule has 2 rings (SSSR count). The minimum Gasteiger partial charge on any atom is -0.317 e. The molecule has 17 heavy (non-hydrogen) atoms. The van der Waals surface area contributed by atoms with E-state index in [9.17, 15) is 0 Å². The predicted octanol–water partition coefficient (Wildman–Crippen LogP) is 4.22. The van der Waals surface area contributed by atoms with Gasteiger partial charge in [-0.15, -0.1) is 11.3 Å². The lowest BCUT2D eigenvalue weighted by molar-refractivity contribution is 0.617. The van der Waals surface area contributed by atoms with Crippen molar-refractivity contribution in [2.45, 2.75) is 32.6 Å². The van der Waals surface area contributed by atoms with E-state index < -0.39 is 0 Å². The molecular weight excluding hydrogens is 226 g/mol. The monoisotopic (exact) mass is 247 g/mol. The lowest BCUT2D eigenvalue weighted by Crippen LogP contribution is -2.15. The van der Waals surface area contributed by atoms with E-state index in [1.807, 2.05) is 11.3 Å². The van der Waals surface area contributed by atoms with Crippen LogP contribution in [-0.2, 0) is 6.42 Å². The van der Waals surface area contributed by atoms with Crippen molar-refractivity contribution in [3.63, 3.8) is 0 Å². The molecule has 0 aliphatic heterocycles. The van der Waals surface area contributed by atoms with Crippen LogP contribution in [0.3, 0.4) is 0 Å². The van der Waals surface area contributed by atoms with E-state index in [1.54, 1.807) is 0 Å². The van der Waals surface area contributed by atoms with Crippen molar-refractivity contribution in [1.82, 2.24) is 5.32 Å². The number of rotatable bonds is 7. The molecule has 0 fully saturated rings. The average molecular weight is 247 g/mol. The molecule has 0 saturated carbocycles. The molecular formula is C15H21NS. The summed E-state index contributed by atoms with van der Waals surface area (Å²) >= 11 is 1.87. The van der Waals surface area contributed by atoms with Crippen molar-refractivity contribution in [1.29, 1.82) is 0 Å². The van der Waals surface area contributed by atoms with Gasteiger partial charge in [0.15, 0.2) is 0 Å². The summed E-state index contributed by atoms with van der Waals surface area (Å²) in [5, 5.41) is 7.24. The zero-order valence-corrected chi connectivity index (χ0v) is 11.4. The number of benzene rings is 1. The van der Waals surface area contributed by atoms with Crippen molar-refractivity contribution < 1.29 is 0 Å². The maximum absolute atomic E-state index is 3.45. The van der Waals surface area contributed by atoms with Gasteiger partial charge in [-0.2, -0.15) is 0 Å². The Morgan fingerprint density at radius 2 is 2.00 bits per heavy atom. The summed E-state index contributed by atoms with van der Waals surface area (Å²) in [7, 11) is 0. The molecule has 0 aliphatic carbocycles. The molecule has 1 N–H and O–H groups in total. The van der Waals surface area contributed by atoms with Crippen LogP contribution in [0.5, 0.6) is 0 Å². The van der Waals surface area contributed by atoms with Gasteiger partial charge in [-0.1, -0.05) is 25.1 Å². The SMILES string of the molecule is CCCNCCCCc1csc2ccccc12. The zero-order chi connectivity index (χ0) is 11.9. The van der Waals surface area contributed by atoms with Crippen LogP contribution in [0.25, 0.3) is 10.1 Å². The van der Waals surface area contributed by atoms with Crippen molar-refractivity contribution in [3.8, 4) is 0 Å². The fourth-order valence-corrected chi connectivity index (χ4v) is 3.09. The molecule has 0 saturated heterocycles. The van der Waals surface area contributed by atoms with Gasteiger partial charge in [-0.25, -0.2) is 0 Å². The Kier molecular flexibility index (Phi) is 5.02. The van der Waals surface area contributed by atoms with Crippen molar-refractivity contribution >= 4 is 21.4 Å². The van der Waals surface area contributed by atoms with Crippen molar-refractivity contribution in [2.75, 3.05) is 13.1 Å². The van der Waals surface area contributed by atoms with Gasteiger partial charge >= 0.3 is 0 Å². The number of hydrogen-bond acceptors (Lipinski definition) is 2. The Morgan fingerprint density at radius 1 is 1.12 bits per heavy atom. The third kappa shape index (κ3) is 3.55. The van der Waals surface area contributed by atoms with Gasteiger partial charge in [0, 0.05) is 4.70 Å². The quantitative estimate of drug-likeness (QED) is 0.722. The summed E-state index contributed by atoms with van der Waals surface area (Å²) in [6, 6.07) is 8.72. The van der Waals surface area contributed by atoms with E-state index in [0.29, 0.717) is 0 Å². The smallest absolute Gasteiger partial charge is 0.0345 e. The number of hydrogen-bond donors (Lipinski definition) is 1. The number of unbranched alkanes of at least 4 members (excludes halogenated alkanes) is 1. The molecule has 2 heteroatoms. The van der Waals surface area contributed by atoms with Crippen LogP contribution in [0.1, 0.15) is 31.7 Å². The lowest BCUT2D eigenvalue weighted by Gasteiger charge is -2.02. The molecule has 0 atom stereocenters. The standard InChI is InChI=1S/C15H21NS/c1-2-10-16-11-6-5-7-13-12-17-15-9-4-3-8-14(13)15/h3-4,8-9,12,16H,2,5-7,10-11H2,1H3. The van der Waals surface area contributed by atoms with Gasteiger partial charge in [-0.3, -0.25) is 0 Å². The van der Waals surface area contributed by atoms with Crippen LogP contribution < -0.4 is 5.32 Å². The number of nitrogens with one attached hydrogen (secondary N) is 1. The fourth-order valence-electron chi connectivity index (χ4n) is 2.09. The predicted molar refractivity (Wildman–Crippen MR) is 77.9 cm³/mol. The molecule has 2 aromatic rings. The highest BCUT2D eigenvalue weighted by Crippen LogP contribution is 2.26. The highest BCUT2D eigenvalue weighted by Gasteiger charge is 2.02. The topological polar surface area (TPSA) is 12.0 Å². The Bertz CT molecular complexity index is 447. The van der Waals surface area contributed by atoms with Crippen molar-refractivity contribution in [3.05, 3.63) is 35.2 Å². The van der Waals surface area contributed by atoms with E-state index >= 15 is 0 Å². The first-order chi connectivity index (χ1) is 8.42. The first-order valence-corrected chi connectivity index (χ1v) is 7.45. The number of fused-ring (bicyclic) bond motifs is 1. The van der Waals surface area contributed by atoms with E-state index in [1.165, 1.54) is 41.3 Å². The molecule has 1 heterocycles. The third-order valence-electron chi connectivity index (χ3n) is 3.04. The Labute approximate surface area is 108 Å². The molecule has 0 radical (unpaired) electrons. The Morgan fingerprint density at radius 3 is 2.88 bits per heavy atom. The van der Waals surface area contributed by atoms with Gasteiger partial charge < -0.3 is 5.32 Å². The fraction of sp³-hybridized carbons (Fsp3) is 0.467. The molecule has 92 valence electrons. The summed E-state index contributed by atoms with van der Waals surface area (Å²) in [6.07, 6.45) is 5.02. The van der Waals surface area contributed by atoms with Gasteiger partial charge in [0.2, 0.25) is 0 Å². The first-order valence-electron chi connectivity index (χ1n) is 6.57. The summed E-state index contributed by atoms with van der Waals surface area (Å²) in [5.74, 6) is 0. The lowest BCUT2D eigenvalue weighted by atomic mass is 10.1. The molecule has 1 aromatic carbocycles. The van der Waals surface area contributed by atoms with E-state index in [4.69, 9.17) is 0 Å². The summed E-state index contributed by atoms with van der Waals surface area (Å²) < 4.78 is 1.42. The van der Waals surface area contributed by atoms with Crippen LogP contribution in [0.2, 0.25) is 0 Å². The third-order valence-corrected chi connectivity index (χ3v) is 4.05. The average Bonchev–Trinajstić information content (AvgIpc) is 2.77. The molecule has 0 aliphatic rings. The zero-order valence-electron chi connectivity index (χ0n) is 10.5. The van der Waals surface area contributed by atoms with Crippen molar-refractivity contribution in [2.24, 2.45) is 0 Å². The summed E-state index contributed by atoms with van der Waals surface area (Å²) in [4.78, 5) is 0. The van der Waals surface area contributed by atoms with Gasteiger partial charge in [0.1, 0.15) is 0 Å². The minimum atomic E-state index is 1.15. The number of aryl methyl sites for hydroxylation is 1. The normalized spacial score (nSPS) is 11.1. The van der Waals surface area contributed by atoms with E-state index in [2.05, 4.69) is 41.9 Å². The summed E-state index contributed by atoms with van der Waals surface area (Å²) in [5.41, 5.74) is 1.53. The van der Waals surface area contributed by atoms with Crippen LogP contribution >= 0.6 is 11.3 Å². The van der Waals surface area contributed by atoms with Gasteiger partial charge in [-0.05, 0) is 61.2 Å². The van der Waals surface area contributed by atoms with Gasteiger partial charge in [0.25, 0.3) is 0 Å². The van der Waals surface area contributed by atoms with E-state index in [-0.39, 0.29) is 0 Å². The van der Waals surface area contributed by atoms with Crippen LogP contribution in [0, 0.1) is 0 Å². The molecule has 1 aromatic heterocycles. The Hall–Kier alpha value is -0.860. The van der Waals surface area contributed by atoms with E-state index in [0.717, 1.165) is 13.1 Å². The second kappa shape index (κ2) is 6.77. The molecule has 0 amide bonds. The molecule has 0 unspecified atom stereocenters. The summed E-state index contributed by atoms with van der Waals surface area (Å²) in [6.45, 7) is 4.53. The molecule has 0 spiro atoms. The second-order valence-corrected chi connectivity index (χ2v) is 5.38. The maximum Gasteiger partial charge on any atom is 0.0345 e. The maximum atomic E-state index is 3.45. The van der Waals surface area contributed by atoms with Gasteiger partial charge in [0.05, 0.1) is 0 Å². The van der Waals surface area contributed by atoms with Crippen LogP contribution in [0.15, 0.2) is 29.6 Å². The highest BCUT2D eigenvalue weighted by atomic mass is 32.1. The Balaban J connectivity index is 1.79. The van der Waals surface area contributed by atoms with Crippen LogP contribution in [-0.4, -0.2) is 13.1 Å². The second-order valence-electron chi connectivity index (χ2n) is 4.46.